The summed E-state index contributed by atoms with van der Waals surface area (Å²) in [6, 6.07) is 4.04. The Balaban J connectivity index is 2.43. The van der Waals surface area contributed by atoms with Crippen LogP contribution in [0.5, 0.6) is 0 Å². The van der Waals surface area contributed by atoms with Crippen LogP contribution in [0.4, 0.5) is 5.00 Å². The molecule has 1 N–H and O–H groups in total. The van der Waals surface area contributed by atoms with Crippen LogP contribution >= 0.6 is 35.3 Å². The van der Waals surface area contributed by atoms with Gasteiger partial charge >= 0.3 is 0 Å². The number of thioether (sulfide) groups is 1. The predicted molar refractivity (Wildman–Crippen MR) is 67.9 cm³/mol. The number of nitrogens with one attached hydrogen (secondary N) is 1. The van der Waals surface area contributed by atoms with E-state index in [1.165, 1.54) is 0 Å². The molecule has 1 aromatic heterocycles. The van der Waals surface area contributed by atoms with Gasteiger partial charge in [-0.05, 0) is 17.5 Å². The molecule has 0 saturated carbocycles. The van der Waals surface area contributed by atoms with Crippen molar-refractivity contribution in [1.29, 1.82) is 0 Å². The molecule has 0 unspecified atom stereocenters. The molecular weight excluding hydrogens is 218 g/mol. The summed E-state index contributed by atoms with van der Waals surface area (Å²) in [5, 5.41) is 6.34. The Labute approximate surface area is 92.9 Å². The second-order valence-corrected chi connectivity index (χ2v) is 7.06. The van der Waals surface area contributed by atoms with Crippen molar-refractivity contribution in [2.24, 2.45) is 0 Å². The van der Waals surface area contributed by atoms with Crippen molar-refractivity contribution in [3.63, 3.8) is 0 Å². The molecule has 0 amide bonds. The minimum Gasteiger partial charge on any atom is -0.333 e. The third kappa shape index (κ3) is 4.64. The van der Waals surface area contributed by atoms with Gasteiger partial charge in [-0.25, -0.2) is 0 Å². The Kier molecular flexibility index (Phi) is 3.76. The molecule has 72 valence electrons. The van der Waals surface area contributed by atoms with Gasteiger partial charge in [-0.3, -0.25) is 0 Å². The van der Waals surface area contributed by atoms with Gasteiger partial charge in [0.1, 0.15) is 4.32 Å². The molecule has 0 bridgehead atoms. The van der Waals surface area contributed by atoms with E-state index in [9.17, 15) is 0 Å². The van der Waals surface area contributed by atoms with Gasteiger partial charge in [-0.15, -0.1) is 11.3 Å². The lowest BCUT2D eigenvalue weighted by molar-refractivity contribution is 0.809. The zero-order chi connectivity index (χ0) is 9.90. The van der Waals surface area contributed by atoms with E-state index in [0.29, 0.717) is 0 Å². The second-order valence-electron chi connectivity index (χ2n) is 3.60. The van der Waals surface area contributed by atoms with Crippen LogP contribution < -0.4 is 5.32 Å². The summed E-state index contributed by atoms with van der Waals surface area (Å²) in [5.74, 6) is 0. The van der Waals surface area contributed by atoms with E-state index in [2.05, 4.69) is 26.1 Å². The van der Waals surface area contributed by atoms with Crippen LogP contribution in [0.15, 0.2) is 17.5 Å². The smallest absolute Gasteiger partial charge is 0.139 e. The van der Waals surface area contributed by atoms with E-state index in [1.54, 1.807) is 23.1 Å². The largest absolute Gasteiger partial charge is 0.333 e. The van der Waals surface area contributed by atoms with Gasteiger partial charge in [-0.1, -0.05) is 44.8 Å². The highest BCUT2D eigenvalue weighted by Crippen LogP contribution is 2.26. The molecule has 0 fully saturated rings. The van der Waals surface area contributed by atoms with Crippen molar-refractivity contribution in [3.05, 3.63) is 17.5 Å². The average Bonchev–Trinajstić information content (AvgIpc) is 2.34. The molecule has 1 heterocycles. The van der Waals surface area contributed by atoms with Crippen molar-refractivity contribution < 1.29 is 0 Å². The van der Waals surface area contributed by atoms with Crippen LogP contribution in [-0.4, -0.2) is 9.07 Å². The fraction of sp³-hybridized carbons (Fsp3) is 0.444. The maximum Gasteiger partial charge on any atom is 0.139 e. The van der Waals surface area contributed by atoms with E-state index in [4.69, 9.17) is 12.2 Å². The lowest BCUT2D eigenvalue weighted by atomic mass is 10.3. The zero-order valence-electron chi connectivity index (χ0n) is 7.96. The molecular formula is C9H13NS3. The summed E-state index contributed by atoms with van der Waals surface area (Å²) in [4.78, 5) is 0. The van der Waals surface area contributed by atoms with E-state index in [1.807, 2.05) is 17.5 Å². The quantitative estimate of drug-likeness (QED) is 0.734. The first-order chi connectivity index (χ1) is 5.97. The lowest BCUT2D eigenvalue weighted by Gasteiger charge is -2.17. The molecule has 0 aliphatic carbocycles. The molecule has 0 atom stereocenters. The molecule has 1 aromatic rings. The number of rotatable bonds is 1. The Bertz CT molecular complexity index is 272. The van der Waals surface area contributed by atoms with Crippen LogP contribution in [0.25, 0.3) is 0 Å². The first kappa shape index (κ1) is 11.0. The summed E-state index contributed by atoms with van der Waals surface area (Å²) in [7, 11) is 0. The van der Waals surface area contributed by atoms with E-state index >= 15 is 0 Å². The lowest BCUT2D eigenvalue weighted by Crippen LogP contribution is -2.15. The van der Waals surface area contributed by atoms with E-state index < -0.39 is 0 Å². The molecule has 1 rings (SSSR count). The van der Waals surface area contributed by atoms with Crippen molar-refractivity contribution in [2.75, 3.05) is 5.32 Å². The average molecular weight is 231 g/mol. The Morgan fingerprint density at radius 3 is 2.69 bits per heavy atom. The topological polar surface area (TPSA) is 12.0 Å². The standard InChI is InChI=1S/C9H13NS3/c1-9(2,3)13-8(11)10-7-5-4-6-12-7/h4-6H,1-3H3,(H,10,11). The normalized spacial score (nSPS) is 11.3. The maximum atomic E-state index is 5.21. The summed E-state index contributed by atoms with van der Waals surface area (Å²) in [5.41, 5.74) is 0. The molecule has 0 saturated heterocycles. The minimum atomic E-state index is 0.182. The monoisotopic (exact) mass is 231 g/mol. The van der Waals surface area contributed by atoms with Gasteiger partial charge < -0.3 is 5.32 Å². The summed E-state index contributed by atoms with van der Waals surface area (Å²) in [6.45, 7) is 6.46. The van der Waals surface area contributed by atoms with Crippen LogP contribution in [0.1, 0.15) is 20.8 Å². The van der Waals surface area contributed by atoms with Gasteiger partial charge in [0.2, 0.25) is 0 Å². The second kappa shape index (κ2) is 4.44. The maximum absolute atomic E-state index is 5.21. The number of thiocarbonyl (C=S) groups is 1. The SMILES string of the molecule is CC(C)(C)SC(=S)Nc1cccs1. The molecule has 0 aliphatic rings. The molecule has 0 radical (unpaired) electrons. The molecule has 0 aromatic carbocycles. The Hall–Kier alpha value is -0.0600. The fourth-order valence-corrected chi connectivity index (χ4v) is 3.08. The number of anilines is 1. The summed E-state index contributed by atoms with van der Waals surface area (Å²) in [6.07, 6.45) is 0. The summed E-state index contributed by atoms with van der Waals surface area (Å²) < 4.78 is 1.02. The van der Waals surface area contributed by atoms with Gasteiger partial charge in [0.15, 0.2) is 0 Å². The number of hydrogen-bond donors (Lipinski definition) is 1. The fourth-order valence-electron chi connectivity index (χ4n) is 0.754. The van der Waals surface area contributed by atoms with E-state index in [0.717, 1.165) is 9.32 Å². The molecule has 0 spiro atoms. The first-order valence-electron chi connectivity index (χ1n) is 4.01. The molecule has 4 heteroatoms. The highest BCUT2D eigenvalue weighted by Gasteiger charge is 2.13. The van der Waals surface area contributed by atoms with Gasteiger partial charge in [0, 0.05) is 4.75 Å². The van der Waals surface area contributed by atoms with Crippen molar-refractivity contribution in [3.8, 4) is 0 Å². The number of hydrogen-bond acceptors (Lipinski definition) is 3. The van der Waals surface area contributed by atoms with Gasteiger partial charge in [-0.2, -0.15) is 0 Å². The highest BCUT2D eigenvalue weighted by molar-refractivity contribution is 8.24. The predicted octanol–water partition coefficient (Wildman–Crippen LogP) is 3.98. The number of thiophene rings is 1. The Morgan fingerprint density at radius 2 is 2.23 bits per heavy atom. The van der Waals surface area contributed by atoms with Crippen LogP contribution in [0.3, 0.4) is 0 Å². The highest BCUT2D eigenvalue weighted by atomic mass is 32.2. The molecule has 13 heavy (non-hydrogen) atoms. The van der Waals surface area contributed by atoms with Crippen molar-refractivity contribution in [1.82, 2.24) is 0 Å². The summed E-state index contributed by atoms with van der Waals surface area (Å²) >= 11 is 8.56. The van der Waals surface area contributed by atoms with Gasteiger partial charge in [0.05, 0.1) is 5.00 Å². The Morgan fingerprint density at radius 1 is 1.54 bits per heavy atom. The van der Waals surface area contributed by atoms with Crippen LogP contribution in [-0.2, 0) is 0 Å². The first-order valence-corrected chi connectivity index (χ1v) is 6.11. The molecule has 0 aliphatic heterocycles. The molecule has 1 nitrogen and oxygen atoms in total. The van der Waals surface area contributed by atoms with Crippen LogP contribution in [0, 0.1) is 0 Å². The van der Waals surface area contributed by atoms with E-state index in [-0.39, 0.29) is 4.75 Å². The third-order valence-electron chi connectivity index (χ3n) is 1.15. The van der Waals surface area contributed by atoms with Gasteiger partial charge in [0.25, 0.3) is 0 Å². The van der Waals surface area contributed by atoms with Crippen LogP contribution in [0.2, 0.25) is 0 Å². The van der Waals surface area contributed by atoms with Crippen molar-refractivity contribution >= 4 is 44.6 Å². The minimum absolute atomic E-state index is 0.182. The van der Waals surface area contributed by atoms with Crippen molar-refractivity contribution in [2.45, 2.75) is 25.5 Å². The third-order valence-corrected chi connectivity index (χ3v) is 3.18. The zero-order valence-corrected chi connectivity index (χ0v) is 10.4.